The van der Waals surface area contributed by atoms with Gasteiger partial charge in [-0.25, -0.2) is 4.68 Å². The van der Waals surface area contributed by atoms with Crippen LogP contribution in [-0.2, 0) is 28.7 Å². The molecule has 102 valence electrons. The van der Waals surface area contributed by atoms with E-state index in [1.165, 1.54) is 0 Å². The maximum atomic E-state index is 12.8. The Hall–Kier alpha value is -1.64. The first-order chi connectivity index (χ1) is 8.36. The first kappa shape index (κ1) is 14.4. The number of nitrogens with two attached hydrogens (primary N) is 1. The number of carbonyl (C=O) groups excluding carboxylic acids is 1. The molecule has 1 heterocycles. The molecule has 0 aliphatic rings. The number of carbonyl (C=O) groups is 1. The van der Waals surface area contributed by atoms with Crippen molar-refractivity contribution >= 4 is 5.91 Å². The summed E-state index contributed by atoms with van der Waals surface area (Å²) in [5, 5.41) is 6.70. The highest BCUT2D eigenvalue weighted by Gasteiger charge is 2.39. The van der Waals surface area contributed by atoms with Crippen LogP contribution in [0.1, 0.15) is 18.3 Å². The molecule has 1 amide bonds. The number of alkyl halides is 3. The Labute approximate surface area is 101 Å². The number of rotatable bonds is 6. The number of hydrogen-bond acceptors (Lipinski definition) is 4. The molecule has 0 bridgehead atoms. The van der Waals surface area contributed by atoms with Gasteiger partial charge in [-0.15, -0.1) is 5.10 Å². The molecule has 1 rings (SSSR count). The minimum atomic E-state index is -4.64. The third-order valence-corrected chi connectivity index (χ3v) is 2.07. The van der Waals surface area contributed by atoms with Crippen LogP contribution in [-0.4, -0.2) is 34.1 Å². The van der Waals surface area contributed by atoms with Gasteiger partial charge >= 0.3 is 6.18 Å². The number of primary amides is 1. The summed E-state index contributed by atoms with van der Waals surface area (Å²) >= 11 is 0. The van der Waals surface area contributed by atoms with Crippen LogP contribution in [0.15, 0.2) is 0 Å². The Morgan fingerprint density at radius 1 is 1.50 bits per heavy atom. The molecule has 0 aliphatic carbocycles. The molecule has 0 aliphatic heterocycles. The fourth-order valence-electron chi connectivity index (χ4n) is 1.39. The second-order valence-electron chi connectivity index (χ2n) is 3.45. The Kier molecular flexibility index (Phi) is 4.65. The highest BCUT2D eigenvalue weighted by Crippen LogP contribution is 2.31. The lowest BCUT2D eigenvalue weighted by Crippen LogP contribution is -2.21. The van der Waals surface area contributed by atoms with Crippen molar-refractivity contribution in [3.05, 3.63) is 11.4 Å². The average molecular weight is 266 g/mol. The van der Waals surface area contributed by atoms with Crippen molar-refractivity contribution in [2.45, 2.75) is 26.1 Å². The van der Waals surface area contributed by atoms with Crippen LogP contribution >= 0.6 is 0 Å². The molecule has 18 heavy (non-hydrogen) atoms. The van der Waals surface area contributed by atoms with Crippen molar-refractivity contribution in [2.75, 3.05) is 13.2 Å². The van der Waals surface area contributed by atoms with E-state index in [1.54, 1.807) is 6.92 Å². The van der Waals surface area contributed by atoms with E-state index in [0.717, 1.165) is 0 Å². The molecular weight excluding hydrogens is 253 g/mol. The van der Waals surface area contributed by atoms with Crippen LogP contribution in [0.3, 0.4) is 0 Å². The van der Waals surface area contributed by atoms with E-state index in [4.69, 9.17) is 10.5 Å². The summed E-state index contributed by atoms with van der Waals surface area (Å²) in [4.78, 5) is 10.7. The summed E-state index contributed by atoms with van der Waals surface area (Å²) in [6, 6.07) is 0. The molecule has 0 unspecified atom stereocenters. The second-order valence-corrected chi connectivity index (χ2v) is 3.45. The molecule has 1 aromatic heterocycles. The minimum absolute atomic E-state index is 0.0823. The predicted molar refractivity (Wildman–Crippen MR) is 54.4 cm³/mol. The first-order valence-electron chi connectivity index (χ1n) is 5.21. The van der Waals surface area contributed by atoms with Gasteiger partial charge in [-0.05, 0) is 6.92 Å². The number of halogens is 3. The zero-order chi connectivity index (χ0) is 13.8. The van der Waals surface area contributed by atoms with Gasteiger partial charge in [0.2, 0.25) is 5.91 Å². The van der Waals surface area contributed by atoms with Gasteiger partial charge in [-0.3, -0.25) is 4.79 Å². The molecule has 0 atom stereocenters. The largest absolute Gasteiger partial charge is 0.434 e. The molecule has 0 fully saturated rings. The van der Waals surface area contributed by atoms with E-state index >= 15 is 0 Å². The maximum absolute atomic E-state index is 12.8. The van der Waals surface area contributed by atoms with Crippen LogP contribution in [0, 0.1) is 0 Å². The summed E-state index contributed by atoms with van der Waals surface area (Å²) < 4.78 is 44.0. The number of aromatic nitrogens is 3. The third kappa shape index (κ3) is 3.69. The lowest BCUT2D eigenvalue weighted by Gasteiger charge is -2.10. The average Bonchev–Trinajstić information content (AvgIpc) is 2.60. The quantitative estimate of drug-likeness (QED) is 0.754. The summed E-state index contributed by atoms with van der Waals surface area (Å²) in [6.07, 6.45) is -5.23. The van der Waals surface area contributed by atoms with E-state index < -0.39 is 29.9 Å². The zero-order valence-electron chi connectivity index (χ0n) is 9.70. The van der Waals surface area contributed by atoms with Gasteiger partial charge in [-0.2, -0.15) is 13.2 Å². The fourth-order valence-corrected chi connectivity index (χ4v) is 1.39. The molecule has 0 aromatic carbocycles. The molecule has 0 saturated heterocycles. The Morgan fingerprint density at radius 2 is 2.17 bits per heavy atom. The van der Waals surface area contributed by atoms with Crippen molar-refractivity contribution < 1.29 is 22.7 Å². The van der Waals surface area contributed by atoms with E-state index in [-0.39, 0.29) is 13.2 Å². The van der Waals surface area contributed by atoms with Crippen LogP contribution < -0.4 is 5.73 Å². The Balaban J connectivity index is 2.96. The standard InChI is InChI=1S/C9H13F3N4O2/c1-2-18-4-3-16-8(9(10,11)12)6(14-15-16)5-7(13)17/h2-5H2,1H3,(H2,13,17). The van der Waals surface area contributed by atoms with E-state index in [1.807, 2.05) is 0 Å². The Bertz CT molecular complexity index is 416. The second kappa shape index (κ2) is 5.80. The fraction of sp³-hybridized carbons (Fsp3) is 0.667. The smallest absolute Gasteiger partial charge is 0.380 e. The zero-order valence-corrected chi connectivity index (χ0v) is 9.70. The van der Waals surface area contributed by atoms with Crippen molar-refractivity contribution in [1.29, 1.82) is 0 Å². The van der Waals surface area contributed by atoms with E-state index in [9.17, 15) is 18.0 Å². The van der Waals surface area contributed by atoms with E-state index in [0.29, 0.717) is 11.3 Å². The normalized spacial score (nSPS) is 11.8. The van der Waals surface area contributed by atoms with Gasteiger partial charge in [0, 0.05) is 6.61 Å². The van der Waals surface area contributed by atoms with Crippen molar-refractivity contribution in [2.24, 2.45) is 5.73 Å². The molecule has 0 spiro atoms. The van der Waals surface area contributed by atoms with Crippen molar-refractivity contribution in [3.63, 3.8) is 0 Å². The predicted octanol–water partition coefficient (Wildman–Crippen LogP) is 0.361. The van der Waals surface area contributed by atoms with Gasteiger partial charge in [-0.1, -0.05) is 5.21 Å². The SMILES string of the molecule is CCOCCn1nnc(CC(N)=O)c1C(F)(F)F. The molecule has 9 heteroatoms. The van der Waals surface area contributed by atoms with Crippen molar-refractivity contribution in [3.8, 4) is 0 Å². The van der Waals surface area contributed by atoms with Crippen LogP contribution in [0.25, 0.3) is 0 Å². The summed E-state index contributed by atoms with van der Waals surface area (Å²) in [6.45, 7) is 2.11. The summed E-state index contributed by atoms with van der Waals surface area (Å²) in [5.74, 6) is -0.891. The lowest BCUT2D eigenvalue weighted by atomic mass is 10.2. The number of ether oxygens (including phenoxy) is 1. The maximum Gasteiger partial charge on any atom is 0.434 e. The number of nitrogens with zero attached hydrogens (tertiary/aromatic N) is 3. The molecule has 6 nitrogen and oxygen atoms in total. The monoisotopic (exact) mass is 266 g/mol. The van der Waals surface area contributed by atoms with Gasteiger partial charge in [0.1, 0.15) is 5.69 Å². The topological polar surface area (TPSA) is 83.0 Å². The molecule has 0 saturated carbocycles. The summed E-state index contributed by atoms with van der Waals surface area (Å²) in [5.41, 5.74) is 3.34. The third-order valence-electron chi connectivity index (χ3n) is 2.07. The Morgan fingerprint density at radius 3 is 2.67 bits per heavy atom. The molecule has 0 radical (unpaired) electrons. The van der Waals surface area contributed by atoms with Crippen LogP contribution in [0.2, 0.25) is 0 Å². The number of amides is 1. The van der Waals surface area contributed by atoms with Gasteiger partial charge in [0.25, 0.3) is 0 Å². The molecule has 1 aromatic rings. The van der Waals surface area contributed by atoms with Crippen LogP contribution in [0.5, 0.6) is 0 Å². The first-order valence-corrected chi connectivity index (χ1v) is 5.21. The van der Waals surface area contributed by atoms with E-state index in [2.05, 4.69) is 10.3 Å². The lowest BCUT2D eigenvalue weighted by molar-refractivity contribution is -0.145. The minimum Gasteiger partial charge on any atom is -0.380 e. The number of hydrogen-bond donors (Lipinski definition) is 1. The summed E-state index contributed by atoms with van der Waals surface area (Å²) in [7, 11) is 0. The highest BCUT2D eigenvalue weighted by atomic mass is 19.4. The van der Waals surface area contributed by atoms with Gasteiger partial charge < -0.3 is 10.5 Å². The van der Waals surface area contributed by atoms with Gasteiger partial charge in [0.15, 0.2) is 5.69 Å². The van der Waals surface area contributed by atoms with Gasteiger partial charge in [0.05, 0.1) is 19.6 Å². The molecular formula is C9H13F3N4O2. The highest BCUT2D eigenvalue weighted by molar-refractivity contribution is 5.76. The molecule has 2 N–H and O–H groups in total. The van der Waals surface area contributed by atoms with Crippen LogP contribution in [0.4, 0.5) is 13.2 Å². The van der Waals surface area contributed by atoms with Crippen molar-refractivity contribution in [1.82, 2.24) is 15.0 Å².